The topological polar surface area (TPSA) is 0 Å². The number of hydrogen-bond acceptors (Lipinski definition) is 0. The monoisotopic (exact) mass is 262 g/mol. The summed E-state index contributed by atoms with van der Waals surface area (Å²) in [4.78, 5) is 0. The molecule has 1 aromatic rings. The SMILES string of the molecule is CCCCC1(C(F)F)C=CC(c2ccccc2)=CC1. The van der Waals surface area contributed by atoms with Crippen LogP contribution in [-0.4, -0.2) is 6.43 Å². The third-order valence-corrected chi connectivity index (χ3v) is 3.83. The fraction of sp³-hybridized carbons (Fsp3) is 0.412. The number of benzene rings is 1. The molecule has 1 aromatic carbocycles. The van der Waals surface area contributed by atoms with E-state index in [1.54, 1.807) is 6.08 Å². The Balaban J connectivity index is 2.15. The summed E-state index contributed by atoms with van der Waals surface area (Å²) in [6.07, 6.45) is 6.07. The van der Waals surface area contributed by atoms with Gasteiger partial charge in [-0.05, 0) is 24.0 Å². The zero-order chi connectivity index (χ0) is 13.7. The van der Waals surface area contributed by atoms with E-state index in [-0.39, 0.29) is 0 Å². The van der Waals surface area contributed by atoms with Gasteiger partial charge in [0.2, 0.25) is 6.43 Å². The van der Waals surface area contributed by atoms with Gasteiger partial charge in [0.25, 0.3) is 0 Å². The summed E-state index contributed by atoms with van der Waals surface area (Å²) < 4.78 is 26.7. The highest BCUT2D eigenvalue weighted by Gasteiger charge is 2.37. The molecule has 0 N–H and O–H groups in total. The fourth-order valence-electron chi connectivity index (χ4n) is 2.50. The van der Waals surface area contributed by atoms with E-state index in [0.29, 0.717) is 12.8 Å². The summed E-state index contributed by atoms with van der Waals surface area (Å²) in [5, 5.41) is 0. The van der Waals surface area contributed by atoms with E-state index in [0.717, 1.165) is 24.0 Å². The third-order valence-electron chi connectivity index (χ3n) is 3.83. The Morgan fingerprint density at radius 3 is 2.47 bits per heavy atom. The van der Waals surface area contributed by atoms with E-state index < -0.39 is 11.8 Å². The van der Waals surface area contributed by atoms with E-state index in [1.807, 2.05) is 49.4 Å². The molecule has 0 saturated carbocycles. The van der Waals surface area contributed by atoms with Crippen molar-refractivity contribution >= 4 is 5.57 Å². The van der Waals surface area contributed by atoms with Crippen molar-refractivity contribution in [2.45, 2.75) is 39.0 Å². The third kappa shape index (κ3) is 3.12. The Bertz CT molecular complexity index is 459. The van der Waals surface area contributed by atoms with Crippen LogP contribution in [0.3, 0.4) is 0 Å². The van der Waals surface area contributed by atoms with Crippen LogP contribution in [0.25, 0.3) is 5.57 Å². The van der Waals surface area contributed by atoms with Crippen LogP contribution in [0.5, 0.6) is 0 Å². The average molecular weight is 262 g/mol. The number of unbranched alkanes of at least 4 members (excludes halogenated alkanes) is 1. The van der Waals surface area contributed by atoms with Crippen molar-refractivity contribution in [2.75, 3.05) is 0 Å². The molecule has 102 valence electrons. The van der Waals surface area contributed by atoms with E-state index >= 15 is 0 Å². The van der Waals surface area contributed by atoms with Gasteiger partial charge in [0, 0.05) is 0 Å². The molecule has 0 radical (unpaired) electrons. The van der Waals surface area contributed by atoms with Crippen LogP contribution >= 0.6 is 0 Å². The maximum atomic E-state index is 13.3. The molecule has 1 aliphatic rings. The first-order valence-electron chi connectivity index (χ1n) is 6.91. The van der Waals surface area contributed by atoms with Crippen LogP contribution in [0.4, 0.5) is 8.78 Å². The van der Waals surface area contributed by atoms with Gasteiger partial charge >= 0.3 is 0 Å². The smallest absolute Gasteiger partial charge is 0.210 e. The van der Waals surface area contributed by atoms with Crippen LogP contribution in [-0.2, 0) is 0 Å². The van der Waals surface area contributed by atoms with Gasteiger partial charge < -0.3 is 0 Å². The van der Waals surface area contributed by atoms with E-state index in [1.165, 1.54) is 0 Å². The van der Waals surface area contributed by atoms with E-state index in [9.17, 15) is 8.78 Å². The number of halogens is 2. The molecule has 2 rings (SSSR count). The van der Waals surface area contributed by atoms with Gasteiger partial charge in [-0.2, -0.15) is 0 Å². The first-order chi connectivity index (χ1) is 9.18. The summed E-state index contributed by atoms with van der Waals surface area (Å²) in [6.45, 7) is 2.04. The van der Waals surface area contributed by atoms with Crippen LogP contribution in [0, 0.1) is 5.41 Å². The molecule has 0 spiro atoms. The molecular weight excluding hydrogens is 242 g/mol. The molecule has 1 atom stereocenters. The van der Waals surface area contributed by atoms with E-state index in [2.05, 4.69) is 0 Å². The maximum Gasteiger partial charge on any atom is 0.247 e. The van der Waals surface area contributed by atoms with Gasteiger partial charge in [-0.15, -0.1) is 0 Å². The Morgan fingerprint density at radius 1 is 1.21 bits per heavy atom. The lowest BCUT2D eigenvalue weighted by molar-refractivity contribution is 0.0217. The summed E-state index contributed by atoms with van der Waals surface area (Å²) in [7, 11) is 0. The number of rotatable bonds is 5. The number of hydrogen-bond donors (Lipinski definition) is 0. The van der Waals surface area contributed by atoms with Gasteiger partial charge in [0.15, 0.2) is 0 Å². The Kier molecular flexibility index (Phi) is 4.52. The fourth-order valence-corrected chi connectivity index (χ4v) is 2.50. The Morgan fingerprint density at radius 2 is 1.95 bits per heavy atom. The molecule has 0 amide bonds. The van der Waals surface area contributed by atoms with Crippen molar-refractivity contribution in [3.05, 3.63) is 54.1 Å². The molecule has 2 heteroatoms. The highest BCUT2D eigenvalue weighted by Crippen LogP contribution is 2.42. The largest absolute Gasteiger partial charge is 0.247 e. The minimum atomic E-state index is -2.29. The summed E-state index contributed by atoms with van der Waals surface area (Å²) in [5.74, 6) is 0. The standard InChI is InChI=1S/C17H20F2/c1-2-3-11-17(16(18)19)12-9-15(10-13-17)14-7-5-4-6-8-14/h4-10,12,16H,2-3,11,13H2,1H3. The van der Waals surface area contributed by atoms with Crippen molar-refractivity contribution in [1.82, 2.24) is 0 Å². The quantitative estimate of drug-likeness (QED) is 0.660. The minimum absolute atomic E-state index is 0.436. The summed E-state index contributed by atoms with van der Waals surface area (Å²) in [5.41, 5.74) is 1.19. The van der Waals surface area contributed by atoms with Crippen molar-refractivity contribution in [3.8, 4) is 0 Å². The lowest BCUT2D eigenvalue weighted by atomic mass is 9.76. The molecule has 0 fully saturated rings. The molecule has 0 saturated heterocycles. The van der Waals surface area contributed by atoms with Crippen molar-refractivity contribution in [1.29, 1.82) is 0 Å². The molecule has 1 unspecified atom stereocenters. The van der Waals surface area contributed by atoms with Crippen LogP contribution < -0.4 is 0 Å². The summed E-state index contributed by atoms with van der Waals surface area (Å²) in [6, 6.07) is 9.92. The predicted molar refractivity (Wildman–Crippen MR) is 76.1 cm³/mol. The van der Waals surface area contributed by atoms with Crippen LogP contribution in [0.1, 0.15) is 38.2 Å². The number of allylic oxidation sites excluding steroid dienone is 4. The zero-order valence-corrected chi connectivity index (χ0v) is 11.3. The van der Waals surface area contributed by atoms with Gasteiger partial charge in [-0.25, -0.2) is 8.78 Å². The lowest BCUT2D eigenvalue weighted by Crippen LogP contribution is -2.28. The van der Waals surface area contributed by atoms with Gasteiger partial charge in [-0.3, -0.25) is 0 Å². The molecule has 0 aromatic heterocycles. The maximum absolute atomic E-state index is 13.3. The van der Waals surface area contributed by atoms with Crippen LogP contribution in [0.15, 0.2) is 48.6 Å². The Hall–Kier alpha value is -1.44. The first kappa shape index (κ1) is 14.0. The van der Waals surface area contributed by atoms with Gasteiger partial charge in [0.1, 0.15) is 0 Å². The summed E-state index contributed by atoms with van der Waals surface area (Å²) >= 11 is 0. The second kappa shape index (κ2) is 6.14. The second-order valence-electron chi connectivity index (χ2n) is 5.20. The molecular formula is C17H20F2. The van der Waals surface area contributed by atoms with Crippen molar-refractivity contribution in [3.63, 3.8) is 0 Å². The lowest BCUT2D eigenvalue weighted by Gasteiger charge is -2.31. The first-order valence-corrected chi connectivity index (χ1v) is 6.91. The molecule has 0 aliphatic heterocycles. The van der Waals surface area contributed by atoms with E-state index in [4.69, 9.17) is 0 Å². The highest BCUT2D eigenvalue weighted by molar-refractivity contribution is 5.75. The molecule has 0 heterocycles. The normalized spacial score (nSPS) is 22.6. The zero-order valence-electron chi connectivity index (χ0n) is 11.3. The van der Waals surface area contributed by atoms with Gasteiger partial charge in [-0.1, -0.05) is 68.3 Å². The minimum Gasteiger partial charge on any atom is -0.210 e. The van der Waals surface area contributed by atoms with Crippen molar-refractivity contribution < 1.29 is 8.78 Å². The average Bonchev–Trinajstić information content (AvgIpc) is 2.46. The number of alkyl halides is 2. The molecule has 0 nitrogen and oxygen atoms in total. The molecule has 0 bridgehead atoms. The van der Waals surface area contributed by atoms with Crippen molar-refractivity contribution in [2.24, 2.45) is 5.41 Å². The predicted octanol–water partition coefficient (Wildman–Crippen LogP) is 5.47. The second-order valence-corrected chi connectivity index (χ2v) is 5.20. The molecule has 19 heavy (non-hydrogen) atoms. The Labute approximate surface area is 113 Å². The van der Waals surface area contributed by atoms with Crippen LogP contribution in [0.2, 0.25) is 0 Å². The highest BCUT2D eigenvalue weighted by atomic mass is 19.3. The van der Waals surface area contributed by atoms with Gasteiger partial charge in [0.05, 0.1) is 5.41 Å². The molecule has 1 aliphatic carbocycles.